The van der Waals surface area contributed by atoms with E-state index in [0.29, 0.717) is 10.3 Å². The van der Waals surface area contributed by atoms with Crippen LogP contribution in [0.3, 0.4) is 0 Å². The number of anilines is 1. The van der Waals surface area contributed by atoms with Crippen LogP contribution in [-0.2, 0) is 6.42 Å². The van der Waals surface area contributed by atoms with Gasteiger partial charge in [0.1, 0.15) is 0 Å². The van der Waals surface area contributed by atoms with Crippen molar-refractivity contribution in [1.82, 2.24) is 9.55 Å². The number of aromatic nitrogens is 2. The van der Waals surface area contributed by atoms with E-state index in [1.54, 1.807) is 6.20 Å². The number of hydrogen-bond acceptors (Lipinski definition) is 2. The van der Waals surface area contributed by atoms with E-state index in [4.69, 9.17) is 12.2 Å². The average molecular weight is 349 g/mol. The van der Waals surface area contributed by atoms with E-state index in [9.17, 15) is 4.79 Å². The standard InChI is InChI=1S/C20H19N3OS/c1-14-4-9-18-16(13-14)3-2-11-23(18)19(24)15-5-7-17(8-6-15)22-12-10-21-20(22)25/h4-10,12-13H,2-3,11H2,1H3,(H,21,25). The summed E-state index contributed by atoms with van der Waals surface area (Å²) in [6, 6.07) is 13.9. The first-order valence-corrected chi connectivity index (χ1v) is 8.82. The van der Waals surface area contributed by atoms with Gasteiger partial charge in [0.2, 0.25) is 0 Å². The normalized spacial score (nSPS) is 13.6. The van der Waals surface area contributed by atoms with E-state index >= 15 is 0 Å². The summed E-state index contributed by atoms with van der Waals surface area (Å²) in [5.74, 6) is 0.0500. The number of benzene rings is 2. The number of imidazole rings is 1. The summed E-state index contributed by atoms with van der Waals surface area (Å²) in [6.45, 7) is 2.85. The van der Waals surface area contributed by atoms with Gasteiger partial charge in [-0.15, -0.1) is 0 Å². The number of nitrogens with one attached hydrogen (secondary N) is 1. The third kappa shape index (κ3) is 2.91. The fraction of sp³-hybridized carbons (Fsp3) is 0.200. The van der Waals surface area contributed by atoms with Crippen molar-refractivity contribution in [2.45, 2.75) is 19.8 Å². The molecule has 5 heteroatoms. The van der Waals surface area contributed by atoms with Gasteiger partial charge in [-0.1, -0.05) is 17.7 Å². The lowest BCUT2D eigenvalue weighted by molar-refractivity contribution is 0.0985. The molecule has 1 aliphatic rings. The second-order valence-electron chi connectivity index (χ2n) is 6.37. The number of carbonyl (C=O) groups is 1. The van der Waals surface area contributed by atoms with Gasteiger partial charge in [-0.05, 0) is 67.9 Å². The molecule has 0 saturated carbocycles. The first-order chi connectivity index (χ1) is 12.1. The lowest BCUT2D eigenvalue weighted by Crippen LogP contribution is -2.35. The lowest BCUT2D eigenvalue weighted by Gasteiger charge is -2.30. The van der Waals surface area contributed by atoms with E-state index in [0.717, 1.165) is 30.8 Å². The first kappa shape index (κ1) is 15.8. The van der Waals surface area contributed by atoms with Gasteiger partial charge in [0, 0.05) is 35.9 Å². The molecule has 1 aliphatic heterocycles. The maximum atomic E-state index is 13.0. The maximum Gasteiger partial charge on any atom is 0.258 e. The molecule has 126 valence electrons. The summed E-state index contributed by atoms with van der Waals surface area (Å²) < 4.78 is 2.52. The van der Waals surface area contributed by atoms with Gasteiger partial charge in [0.15, 0.2) is 4.77 Å². The lowest BCUT2D eigenvalue weighted by atomic mass is 9.99. The molecule has 1 aromatic heterocycles. The van der Waals surface area contributed by atoms with Gasteiger partial charge in [-0.3, -0.25) is 9.36 Å². The summed E-state index contributed by atoms with van der Waals surface area (Å²) in [4.78, 5) is 17.9. The quantitative estimate of drug-likeness (QED) is 0.695. The zero-order chi connectivity index (χ0) is 17.4. The summed E-state index contributed by atoms with van der Waals surface area (Å²) in [7, 11) is 0. The third-order valence-corrected chi connectivity index (χ3v) is 4.95. The Morgan fingerprint density at radius 1 is 1.16 bits per heavy atom. The van der Waals surface area contributed by atoms with Crippen molar-refractivity contribution in [1.29, 1.82) is 0 Å². The van der Waals surface area contributed by atoms with E-state index in [1.807, 2.05) is 39.9 Å². The second-order valence-corrected chi connectivity index (χ2v) is 6.76. The molecule has 4 rings (SSSR count). The molecule has 0 unspecified atom stereocenters. The molecule has 25 heavy (non-hydrogen) atoms. The van der Waals surface area contributed by atoms with Crippen LogP contribution in [0.4, 0.5) is 5.69 Å². The molecule has 3 aromatic rings. The molecule has 0 aliphatic carbocycles. The van der Waals surface area contributed by atoms with Crippen molar-refractivity contribution in [2.24, 2.45) is 0 Å². The number of nitrogens with zero attached hydrogens (tertiary/aromatic N) is 2. The number of hydrogen-bond donors (Lipinski definition) is 1. The fourth-order valence-electron chi connectivity index (χ4n) is 3.38. The number of aromatic amines is 1. The van der Waals surface area contributed by atoms with Crippen molar-refractivity contribution in [3.05, 3.63) is 76.3 Å². The minimum atomic E-state index is 0.0500. The zero-order valence-electron chi connectivity index (χ0n) is 14.0. The van der Waals surface area contributed by atoms with Gasteiger partial charge in [0.25, 0.3) is 5.91 Å². The van der Waals surface area contributed by atoms with Crippen LogP contribution in [0.15, 0.2) is 54.9 Å². The van der Waals surface area contributed by atoms with Gasteiger partial charge < -0.3 is 9.88 Å². The Hall–Kier alpha value is -2.66. The van der Waals surface area contributed by atoms with Crippen molar-refractivity contribution < 1.29 is 4.79 Å². The number of carbonyl (C=O) groups excluding carboxylic acids is 1. The van der Waals surface area contributed by atoms with E-state index in [-0.39, 0.29) is 5.91 Å². The van der Waals surface area contributed by atoms with Crippen LogP contribution in [0.5, 0.6) is 0 Å². The Balaban J connectivity index is 1.64. The zero-order valence-corrected chi connectivity index (χ0v) is 14.8. The highest BCUT2D eigenvalue weighted by Crippen LogP contribution is 2.29. The molecule has 2 heterocycles. The second kappa shape index (κ2) is 6.33. The highest BCUT2D eigenvalue weighted by Gasteiger charge is 2.23. The average Bonchev–Trinajstić information content (AvgIpc) is 3.06. The number of H-pyrrole nitrogens is 1. The number of fused-ring (bicyclic) bond motifs is 1. The molecule has 0 bridgehead atoms. The van der Waals surface area contributed by atoms with E-state index < -0.39 is 0 Å². The summed E-state index contributed by atoms with van der Waals surface area (Å²) in [5, 5.41) is 0. The number of amides is 1. The molecule has 0 saturated heterocycles. The van der Waals surface area contributed by atoms with Crippen molar-refractivity contribution in [3.63, 3.8) is 0 Å². The molecule has 0 atom stereocenters. The minimum absolute atomic E-state index is 0.0500. The molecular weight excluding hydrogens is 330 g/mol. The van der Waals surface area contributed by atoms with Crippen molar-refractivity contribution in [3.8, 4) is 5.69 Å². The number of aryl methyl sites for hydroxylation is 2. The Kier molecular flexibility index (Phi) is 4.01. The molecule has 2 aromatic carbocycles. The third-order valence-electron chi connectivity index (χ3n) is 4.64. The minimum Gasteiger partial charge on any atom is -0.337 e. The SMILES string of the molecule is Cc1ccc2c(c1)CCCN2C(=O)c1ccc(-n2cc[nH]c2=S)cc1. The largest absolute Gasteiger partial charge is 0.337 e. The predicted octanol–water partition coefficient (Wildman–Crippen LogP) is 4.44. The monoisotopic (exact) mass is 349 g/mol. The Morgan fingerprint density at radius 3 is 2.68 bits per heavy atom. The first-order valence-electron chi connectivity index (χ1n) is 8.41. The Bertz CT molecular complexity index is 985. The summed E-state index contributed by atoms with van der Waals surface area (Å²) >= 11 is 5.24. The molecule has 0 radical (unpaired) electrons. The van der Waals surface area contributed by atoms with Crippen molar-refractivity contribution >= 4 is 23.8 Å². The molecule has 4 nitrogen and oxygen atoms in total. The Morgan fingerprint density at radius 2 is 1.96 bits per heavy atom. The van der Waals surface area contributed by atoms with Crippen LogP contribution in [-0.4, -0.2) is 22.0 Å². The molecule has 0 fully saturated rings. The molecule has 0 spiro atoms. The van der Waals surface area contributed by atoms with Gasteiger partial charge >= 0.3 is 0 Å². The predicted molar refractivity (Wildman–Crippen MR) is 102 cm³/mol. The Labute approximate surface area is 151 Å². The topological polar surface area (TPSA) is 41.0 Å². The van der Waals surface area contributed by atoms with Crippen LogP contribution < -0.4 is 4.90 Å². The summed E-state index contributed by atoms with van der Waals surface area (Å²) in [5.41, 5.74) is 5.17. The van der Waals surface area contributed by atoms with E-state index in [2.05, 4.69) is 30.1 Å². The maximum absolute atomic E-state index is 13.0. The molecular formula is C20H19N3OS. The van der Waals surface area contributed by atoms with Gasteiger partial charge in [0.05, 0.1) is 0 Å². The van der Waals surface area contributed by atoms with Gasteiger partial charge in [-0.2, -0.15) is 0 Å². The van der Waals surface area contributed by atoms with Gasteiger partial charge in [-0.25, -0.2) is 0 Å². The van der Waals surface area contributed by atoms with Crippen LogP contribution in [0.2, 0.25) is 0 Å². The molecule has 1 amide bonds. The summed E-state index contributed by atoms with van der Waals surface area (Å²) in [6.07, 6.45) is 5.71. The fourth-order valence-corrected chi connectivity index (χ4v) is 3.62. The number of rotatable bonds is 2. The van der Waals surface area contributed by atoms with Crippen molar-refractivity contribution in [2.75, 3.05) is 11.4 Å². The van der Waals surface area contributed by atoms with Crippen LogP contribution in [0.1, 0.15) is 27.9 Å². The van der Waals surface area contributed by atoms with Crippen LogP contribution in [0.25, 0.3) is 5.69 Å². The highest BCUT2D eigenvalue weighted by molar-refractivity contribution is 7.71. The van der Waals surface area contributed by atoms with Crippen LogP contribution >= 0.6 is 12.2 Å². The van der Waals surface area contributed by atoms with Crippen LogP contribution in [0, 0.1) is 11.7 Å². The smallest absolute Gasteiger partial charge is 0.258 e. The molecule has 1 N–H and O–H groups in total. The highest BCUT2D eigenvalue weighted by atomic mass is 32.1. The van der Waals surface area contributed by atoms with E-state index in [1.165, 1.54) is 11.1 Å².